The van der Waals surface area contributed by atoms with E-state index in [1.54, 1.807) is 0 Å². The van der Waals surface area contributed by atoms with Gasteiger partial charge >= 0.3 is 5.97 Å². The van der Waals surface area contributed by atoms with E-state index in [0.29, 0.717) is 18.9 Å². The van der Waals surface area contributed by atoms with Crippen molar-refractivity contribution in [2.75, 3.05) is 6.54 Å². The number of nitrogens with zero attached hydrogens (tertiary/aromatic N) is 1. The quantitative estimate of drug-likeness (QED) is 0.870. The summed E-state index contributed by atoms with van der Waals surface area (Å²) in [6.45, 7) is 2.48. The highest BCUT2D eigenvalue weighted by atomic mass is 16.4. The Labute approximate surface area is 126 Å². The van der Waals surface area contributed by atoms with Crippen molar-refractivity contribution >= 4 is 11.9 Å². The summed E-state index contributed by atoms with van der Waals surface area (Å²) in [5, 5.41) is 9.20. The number of carbonyl (C=O) groups excluding carboxylic acids is 1. The predicted octanol–water partition coefficient (Wildman–Crippen LogP) is 2.91. The van der Waals surface area contributed by atoms with Gasteiger partial charge in [-0.05, 0) is 38.0 Å². The predicted molar refractivity (Wildman–Crippen MR) is 79.7 cm³/mol. The van der Waals surface area contributed by atoms with Crippen LogP contribution < -0.4 is 0 Å². The molecule has 0 radical (unpaired) electrons. The van der Waals surface area contributed by atoms with Crippen LogP contribution in [0.2, 0.25) is 0 Å². The number of carboxylic acid groups (broad SMARTS) is 1. The molecule has 21 heavy (non-hydrogen) atoms. The van der Waals surface area contributed by atoms with E-state index < -0.39 is 5.97 Å². The summed E-state index contributed by atoms with van der Waals surface area (Å²) in [6, 6.07) is 0.209. The molecule has 3 aliphatic rings. The third kappa shape index (κ3) is 3.09. The lowest BCUT2D eigenvalue weighted by Crippen LogP contribution is -2.48. The molecule has 0 bridgehead atoms. The minimum atomic E-state index is -0.751. The van der Waals surface area contributed by atoms with Gasteiger partial charge in [0.15, 0.2) is 0 Å². The maximum absolute atomic E-state index is 12.7. The van der Waals surface area contributed by atoms with E-state index in [9.17, 15) is 14.7 Å². The minimum absolute atomic E-state index is 0.197. The van der Waals surface area contributed by atoms with Crippen molar-refractivity contribution in [3.8, 4) is 0 Å². The van der Waals surface area contributed by atoms with Gasteiger partial charge in [0.2, 0.25) is 5.91 Å². The molecular weight excluding hydrogens is 266 g/mol. The average molecular weight is 293 g/mol. The number of piperidine rings is 1. The van der Waals surface area contributed by atoms with Crippen LogP contribution in [0.5, 0.6) is 0 Å². The molecule has 1 heterocycles. The van der Waals surface area contributed by atoms with Crippen molar-refractivity contribution in [1.29, 1.82) is 0 Å². The van der Waals surface area contributed by atoms with Gasteiger partial charge in [-0.2, -0.15) is 0 Å². The monoisotopic (exact) mass is 293 g/mol. The molecule has 2 saturated carbocycles. The molecule has 1 N–H and O–H groups in total. The summed E-state index contributed by atoms with van der Waals surface area (Å²) in [6.07, 6.45) is 9.16. The SMILES string of the molecule is CC1CCC(C(=O)O)CN1C(=O)C1CC1C1CCCCC1. The van der Waals surface area contributed by atoms with Crippen molar-refractivity contribution in [2.45, 2.75) is 64.3 Å². The number of hydrogen-bond donors (Lipinski definition) is 1. The van der Waals surface area contributed by atoms with Crippen LogP contribution in [0.1, 0.15) is 58.3 Å². The first-order valence-corrected chi connectivity index (χ1v) is 8.61. The van der Waals surface area contributed by atoms with Gasteiger partial charge in [-0.15, -0.1) is 0 Å². The number of likely N-dealkylation sites (tertiary alicyclic amines) is 1. The van der Waals surface area contributed by atoms with Crippen LogP contribution >= 0.6 is 0 Å². The Morgan fingerprint density at radius 2 is 1.76 bits per heavy atom. The number of aliphatic carboxylic acids is 1. The molecule has 3 rings (SSSR count). The highest BCUT2D eigenvalue weighted by Crippen LogP contribution is 2.50. The summed E-state index contributed by atoms with van der Waals surface area (Å²) in [4.78, 5) is 25.8. The lowest BCUT2D eigenvalue weighted by molar-refractivity contribution is -0.147. The number of amides is 1. The molecule has 0 aromatic carbocycles. The zero-order valence-electron chi connectivity index (χ0n) is 13.0. The Hall–Kier alpha value is -1.06. The largest absolute Gasteiger partial charge is 0.481 e. The van der Waals surface area contributed by atoms with Crippen molar-refractivity contribution < 1.29 is 14.7 Å². The van der Waals surface area contributed by atoms with E-state index in [4.69, 9.17) is 0 Å². The van der Waals surface area contributed by atoms with Crippen molar-refractivity contribution in [3.05, 3.63) is 0 Å². The summed E-state index contributed by atoms with van der Waals surface area (Å²) < 4.78 is 0. The van der Waals surface area contributed by atoms with Crippen LogP contribution in [-0.2, 0) is 9.59 Å². The topological polar surface area (TPSA) is 57.6 Å². The summed E-state index contributed by atoms with van der Waals surface area (Å²) in [5.41, 5.74) is 0. The van der Waals surface area contributed by atoms with Gasteiger partial charge in [0.05, 0.1) is 5.92 Å². The third-order valence-corrected chi connectivity index (χ3v) is 5.93. The third-order valence-electron chi connectivity index (χ3n) is 5.93. The smallest absolute Gasteiger partial charge is 0.308 e. The minimum Gasteiger partial charge on any atom is -0.481 e. The van der Waals surface area contributed by atoms with E-state index in [1.807, 2.05) is 4.90 Å². The highest BCUT2D eigenvalue weighted by Gasteiger charge is 2.50. The zero-order valence-corrected chi connectivity index (χ0v) is 13.0. The highest BCUT2D eigenvalue weighted by molar-refractivity contribution is 5.83. The molecule has 0 aromatic heterocycles. The second-order valence-corrected chi connectivity index (χ2v) is 7.36. The van der Waals surface area contributed by atoms with E-state index in [1.165, 1.54) is 32.1 Å². The Balaban J connectivity index is 1.58. The Morgan fingerprint density at radius 3 is 2.43 bits per heavy atom. The van der Waals surface area contributed by atoms with Gasteiger partial charge in [0.25, 0.3) is 0 Å². The van der Waals surface area contributed by atoms with E-state index in [0.717, 1.165) is 18.8 Å². The van der Waals surface area contributed by atoms with Gasteiger partial charge in [-0.1, -0.05) is 32.1 Å². The van der Waals surface area contributed by atoms with Crippen LogP contribution in [0.15, 0.2) is 0 Å². The number of carboxylic acids is 1. The van der Waals surface area contributed by atoms with Gasteiger partial charge < -0.3 is 10.0 Å². The number of rotatable bonds is 3. The van der Waals surface area contributed by atoms with Gasteiger partial charge in [-0.25, -0.2) is 0 Å². The fourth-order valence-corrected chi connectivity index (χ4v) is 4.41. The molecule has 1 amide bonds. The summed E-state index contributed by atoms with van der Waals surface area (Å²) >= 11 is 0. The molecule has 2 aliphatic carbocycles. The molecular formula is C17H27NO3. The maximum Gasteiger partial charge on any atom is 0.308 e. The first-order valence-electron chi connectivity index (χ1n) is 8.61. The average Bonchev–Trinajstić information content (AvgIpc) is 3.28. The van der Waals surface area contributed by atoms with E-state index in [2.05, 4.69) is 6.92 Å². The summed E-state index contributed by atoms with van der Waals surface area (Å²) in [5.74, 6) is 0.668. The molecule has 1 aliphatic heterocycles. The standard InChI is InChI=1S/C17H27NO3/c1-11-7-8-13(17(20)21)10-18(11)16(19)15-9-14(15)12-5-3-2-4-6-12/h11-15H,2-10H2,1H3,(H,20,21). The van der Waals surface area contributed by atoms with E-state index >= 15 is 0 Å². The summed E-state index contributed by atoms with van der Waals surface area (Å²) in [7, 11) is 0. The Bertz CT molecular complexity index is 416. The molecule has 0 spiro atoms. The van der Waals surface area contributed by atoms with Crippen LogP contribution in [0.3, 0.4) is 0 Å². The Morgan fingerprint density at radius 1 is 1.05 bits per heavy atom. The fraction of sp³-hybridized carbons (Fsp3) is 0.882. The fourth-order valence-electron chi connectivity index (χ4n) is 4.41. The van der Waals surface area contributed by atoms with Gasteiger partial charge in [0.1, 0.15) is 0 Å². The van der Waals surface area contributed by atoms with Crippen molar-refractivity contribution in [1.82, 2.24) is 4.90 Å². The van der Waals surface area contributed by atoms with Crippen LogP contribution in [0.25, 0.3) is 0 Å². The molecule has 3 fully saturated rings. The lowest BCUT2D eigenvalue weighted by Gasteiger charge is -2.37. The first kappa shape index (κ1) is 14.9. The maximum atomic E-state index is 12.7. The molecule has 4 atom stereocenters. The molecule has 4 heteroatoms. The van der Waals surface area contributed by atoms with E-state index in [-0.39, 0.29) is 23.8 Å². The van der Waals surface area contributed by atoms with Crippen LogP contribution in [0.4, 0.5) is 0 Å². The second-order valence-electron chi connectivity index (χ2n) is 7.36. The molecule has 4 nitrogen and oxygen atoms in total. The lowest BCUT2D eigenvalue weighted by atomic mass is 9.85. The molecule has 4 unspecified atom stereocenters. The normalized spacial score (nSPS) is 37.3. The number of hydrogen-bond acceptors (Lipinski definition) is 2. The van der Waals surface area contributed by atoms with Crippen molar-refractivity contribution in [2.24, 2.45) is 23.7 Å². The Kier molecular flexibility index (Phi) is 4.23. The van der Waals surface area contributed by atoms with Crippen LogP contribution in [0, 0.1) is 23.7 Å². The second kappa shape index (κ2) is 5.98. The first-order chi connectivity index (χ1) is 10.1. The number of carbonyl (C=O) groups is 2. The van der Waals surface area contributed by atoms with Crippen molar-refractivity contribution in [3.63, 3.8) is 0 Å². The zero-order chi connectivity index (χ0) is 15.0. The molecule has 118 valence electrons. The molecule has 0 aromatic rings. The van der Waals surface area contributed by atoms with Crippen LogP contribution in [-0.4, -0.2) is 34.5 Å². The molecule has 1 saturated heterocycles. The van der Waals surface area contributed by atoms with Gasteiger partial charge in [0, 0.05) is 18.5 Å². The van der Waals surface area contributed by atoms with Gasteiger partial charge in [-0.3, -0.25) is 9.59 Å².